The second-order valence-electron chi connectivity index (χ2n) is 12.8. The van der Waals surface area contributed by atoms with Gasteiger partial charge in [0.15, 0.2) is 0 Å². The fraction of sp³-hybridized carbons (Fsp3) is 0.500. The summed E-state index contributed by atoms with van der Waals surface area (Å²) in [4.78, 5) is 43.9. The van der Waals surface area contributed by atoms with E-state index in [-0.39, 0.29) is 23.8 Å². The predicted octanol–water partition coefficient (Wildman–Crippen LogP) is 5.23. The number of aryl methyl sites for hydroxylation is 2. The van der Waals surface area contributed by atoms with E-state index >= 15 is 0 Å². The standard InChI is InChI=1S/C34H40ClN3O4/c1-19-8-11-23(12-9-19)15-17-38-30(32(40)37-26-7-5-6-20(2)22(26)4)34-16-14-27(42-34)28(29(34)33(38)41)31(39)36-24-13-10-21(3)25(35)18-24/h8-14,16,18,20,22,26-30H,5-7,15,17H2,1-4H3,(H,36,39)(H,37,40)/t20-,22+,26+,27-,28+,29-,30-,34-/m0/s1. The highest BCUT2D eigenvalue weighted by Gasteiger charge is 2.72. The van der Waals surface area contributed by atoms with E-state index in [9.17, 15) is 14.4 Å². The Hall–Kier alpha value is -3.16. The summed E-state index contributed by atoms with van der Waals surface area (Å²) in [6.07, 6.45) is 6.88. The molecule has 0 aromatic heterocycles. The number of ether oxygens (including phenoxy) is 1. The van der Waals surface area contributed by atoms with Gasteiger partial charge in [0.25, 0.3) is 0 Å². The lowest BCUT2D eigenvalue weighted by atomic mass is 9.73. The summed E-state index contributed by atoms with van der Waals surface area (Å²) in [5.74, 6) is -1.40. The smallest absolute Gasteiger partial charge is 0.246 e. The number of hydrogen-bond donors (Lipinski definition) is 2. The fourth-order valence-corrected chi connectivity index (χ4v) is 7.64. The average molecular weight is 590 g/mol. The van der Waals surface area contributed by atoms with E-state index in [0.29, 0.717) is 35.5 Å². The van der Waals surface area contributed by atoms with Crippen LogP contribution in [0.1, 0.15) is 49.8 Å². The predicted molar refractivity (Wildman–Crippen MR) is 163 cm³/mol. The molecule has 2 bridgehead atoms. The van der Waals surface area contributed by atoms with Crippen LogP contribution in [0.3, 0.4) is 0 Å². The summed E-state index contributed by atoms with van der Waals surface area (Å²) < 4.78 is 6.52. The summed E-state index contributed by atoms with van der Waals surface area (Å²) in [6.45, 7) is 8.73. The van der Waals surface area contributed by atoms with Gasteiger partial charge in [0, 0.05) is 23.3 Å². The van der Waals surface area contributed by atoms with E-state index in [2.05, 4.69) is 48.7 Å². The van der Waals surface area contributed by atoms with E-state index in [1.807, 2.05) is 32.1 Å². The van der Waals surface area contributed by atoms with E-state index in [0.717, 1.165) is 36.0 Å². The Kier molecular flexibility index (Phi) is 7.69. The van der Waals surface area contributed by atoms with Gasteiger partial charge in [-0.25, -0.2) is 0 Å². The van der Waals surface area contributed by atoms with Crippen molar-refractivity contribution in [1.29, 1.82) is 0 Å². The first kappa shape index (κ1) is 28.9. The van der Waals surface area contributed by atoms with Crippen molar-refractivity contribution in [3.63, 3.8) is 0 Å². The van der Waals surface area contributed by atoms with E-state index in [1.165, 1.54) is 0 Å². The van der Waals surface area contributed by atoms with Gasteiger partial charge in [-0.15, -0.1) is 0 Å². The molecule has 2 aromatic carbocycles. The molecule has 2 aromatic rings. The van der Waals surface area contributed by atoms with Gasteiger partial charge in [0.1, 0.15) is 11.6 Å². The molecule has 3 aliphatic heterocycles. The maximum atomic E-state index is 14.3. The summed E-state index contributed by atoms with van der Waals surface area (Å²) in [7, 11) is 0. The number of rotatable bonds is 7. The first-order valence-electron chi connectivity index (χ1n) is 15.2. The molecule has 3 fully saturated rings. The number of nitrogens with one attached hydrogen (secondary N) is 2. The summed E-state index contributed by atoms with van der Waals surface area (Å²) in [6, 6.07) is 12.8. The minimum Gasteiger partial charge on any atom is -0.359 e. The molecule has 1 aliphatic carbocycles. The molecule has 8 atom stereocenters. The molecule has 1 saturated carbocycles. The van der Waals surface area contributed by atoms with Crippen molar-refractivity contribution >= 4 is 35.0 Å². The lowest BCUT2D eigenvalue weighted by Crippen LogP contribution is -2.58. The van der Waals surface area contributed by atoms with Crippen molar-refractivity contribution in [3.05, 3.63) is 76.3 Å². The van der Waals surface area contributed by atoms with Crippen LogP contribution in [-0.2, 0) is 25.5 Å². The maximum absolute atomic E-state index is 14.3. The molecule has 7 nitrogen and oxygen atoms in total. The molecule has 6 rings (SSSR count). The molecule has 3 heterocycles. The van der Waals surface area contributed by atoms with Gasteiger partial charge in [-0.2, -0.15) is 0 Å². The lowest BCUT2D eigenvalue weighted by molar-refractivity contribution is -0.141. The highest BCUT2D eigenvalue weighted by Crippen LogP contribution is 2.55. The van der Waals surface area contributed by atoms with Crippen LogP contribution in [0, 0.1) is 37.5 Å². The van der Waals surface area contributed by atoms with E-state index in [4.69, 9.17) is 16.3 Å². The molecule has 0 radical (unpaired) electrons. The second kappa shape index (κ2) is 11.2. The number of benzene rings is 2. The number of carbonyl (C=O) groups is 3. The average Bonchev–Trinajstić information content (AvgIpc) is 3.60. The molecular weight excluding hydrogens is 550 g/mol. The van der Waals surface area contributed by atoms with Crippen LogP contribution in [0.5, 0.6) is 0 Å². The number of anilines is 1. The Morgan fingerprint density at radius 3 is 2.57 bits per heavy atom. The third-order valence-electron chi connectivity index (χ3n) is 10.2. The summed E-state index contributed by atoms with van der Waals surface area (Å²) in [5, 5.41) is 6.83. The molecule has 3 amide bonds. The highest BCUT2D eigenvalue weighted by atomic mass is 35.5. The number of halogens is 1. The number of fused-ring (bicyclic) bond motifs is 1. The molecule has 2 saturated heterocycles. The van der Waals surface area contributed by atoms with Crippen LogP contribution in [-0.4, -0.2) is 53.0 Å². The summed E-state index contributed by atoms with van der Waals surface area (Å²) in [5.41, 5.74) is 2.54. The van der Waals surface area contributed by atoms with Gasteiger partial charge in [-0.05, 0) is 61.8 Å². The van der Waals surface area contributed by atoms with Crippen molar-refractivity contribution < 1.29 is 19.1 Å². The Morgan fingerprint density at radius 1 is 1.07 bits per heavy atom. The molecule has 222 valence electrons. The molecule has 0 unspecified atom stereocenters. The second-order valence-corrected chi connectivity index (χ2v) is 13.2. The van der Waals surface area contributed by atoms with E-state index < -0.39 is 29.6 Å². The topological polar surface area (TPSA) is 87.7 Å². The van der Waals surface area contributed by atoms with Crippen LogP contribution in [0.2, 0.25) is 5.02 Å². The lowest BCUT2D eigenvalue weighted by Gasteiger charge is -2.38. The minimum absolute atomic E-state index is 0.0405. The monoisotopic (exact) mass is 589 g/mol. The van der Waals surface area contributed by atoms with Gasteiger partial charge >= 0.3 is 0 Å². The van der Waals surface area contributed by atoms with Crippen LogP contribution in [0.25, 0.3) is 0 Å². The Morgan fingerprint density at radius 2 is 1.83 bits per heavy atom. The third kappa shape index (κ3) is 4.94. The molecule has 2 N–H and O–H groups in total. The zero-order valence-electron chi connectivity index (χ0n) is 24.7. The molecule has 42 heavy (non-hydrogen) atoms. The quantitative estimate of drug-likeness (QED) is 0.433. The number of carbonyl (C=O) groups excluding carboxylic acids is 3. The normalized spacial score (nSPS) is 33.1. The van der Waals surface area contributed by atoms with Crippen molar-refractivity contribution in [2.45, 2.75) is 77.2 Å². The first-order chi connectivity index (χ1) is 20.1. The number of nitrogens with zero attached hydrogens (tertiary/aromatic N) is 1. The highest BCUT2D eigenvalue weighted by molar-refractivity contribution is 6.31. The van der Waals surface area contributed by atoms with Gasteiger partial charge < -0.3 is 20.3 Å². The Bertz CT molecular complexity index is 1420. The van der Waals surface area contributed by atoms with Crippen LogP contribution in [0.4, 0.5) is 5.69 Å². The number of likely N-dealkylation sites (tertiary alicyclic amines) is 1. The largest absolute Gasteiger partial charge is 0.359 e. The van der Waals surface area contributed by atoms with Crippen molar-refractivity contribution in [1.82, 2.24) is 10.2 Å². The fourth-order valence-electron chi connectivity index (χ4n) is 7.46. The van der Waals surface area contributed by atoms with Crippen molar-refractivity contribution in [2.75, 3.05) is 11.9 Å². The molecule has 8 heteroatoms. The van der Waals surface area contributed by atoms with Crippen molar-refractivity contribution in [2.24, 2.45) is 23.7 Å². The first-order valence-corrected chi connectivity index (χ1v) is 15.6. The van der Waals surface area contributed by atoms with Gasteiger partial charge in [0.2, 0.25) is 17.7 Å². The van der Waals surface area contributed by atoms with Crippen molar-refractivity contribution in [3.8, 4) is 0 Å². The van der Waals surface area contributed by atoms with Gasteiger partial charge in [0.05, 0.1) is 17.9 Å². The molecule has 4 aliphatic rings. The molecule has 1 spiro atoms. The third-order valence-corrected chi connectivity index (χ3v) is 10.6. The molecular formula is C34H40ClN3O4. The maximum Gasteiger partial charge on any atom is 0.246 e. The Balaban J connectivity index is 1.30. The van der Waals surface area contributed by atoms with E-state index in [1.54, 1.807) is 17.0 Å². The van der Waals surface area contributed by atoms with Crippen LogP contribution in [0.15, 0.2) is 54.6 Å². The number of hydrogen-bond acceptors (Lipinski definition) is 4. The zero-order valence-corrected chi connectivity index (χ0v) is 25.5. The minimum atomic E-state index is -1.18. The van der Waals surface area contributed by atoms with Crippen LogP contribution < -0.4 is 10.6 Å². The SMILES string of the molecule is Cc1ccc(CCN2C(=O)[C@@H]3[C@H](C(=O)Nc4ccc(C)c(Cl)c4)[C@@H]4C=C[C@@]3(O4)[C@@H]2C(=O)N[C@@H]2CCC[C@H](C)[C@H]2C)cc1. The van der Waals surface area contributed by atoms with Gasteiger partial charge in [-0.3, -0.25) is 14.4 Å². The zero-order chi connectivity index (χ0) is 29.8. The Labute approximate surface area is 253 Å². The van der Waals surface area contributed by atoms with Crippen LogP contribution >= 0.6 is 11.6 Å². The van der Waals surface area contributed by atoms with Gasteiger partial charge in [-0.1, -0.05) is 86.3 Å². The number of amides is 3. The summed E-state index contributed by atoms with van der Waals surface area (Å²) >= 11 is 6.30.